The quantitative estimate of drug-likeness (QED) is 0.0989. The number of benzene rings is 1. The summed E-state index contributed by atoms with van der Waals surface area (Å²) in [6, 6.07) is 7.78. The number of rotatable bonds is 4. The zero-order chi connectivity index (χ0) is 34.8. The number of phosphoric acid groups is 3. The van der Waals surface area contributed by atoms with Crippen molar-refractivity contribution in [2.24, 2.45) is 5.73 Å². The molecule has 0 radical (unpaired) electrons. The second-order valence-corrected chi connectivity index (χ2v) is 12.0. The van der Waals surface area contributed by atoms with E-state index in [2.05, 4.69) is 26.8 Å². The monoisotopic (exact) mass is 702 g/mol. The number of anilines is 1. The highest BCUT2D eigenvalue weighted by molar-refractivity contribution is 7.45. The van der Waals surface area contributed by atoms with E-state index in [1.165, 1.54) is 6.33 Å². The first-order valence-electron chi connectivity index (χ1n) is 12.0. The number of fused-ring (bicyclic) bond motifs is 1. The third kappa shape index (κ3) is 14.5. The van der Waals surface area contributed by atoms with Crippen LogP contribution < -0.4 is 11.5 Å². The summed E-state index contributed by atoms with van der Waals surface area (Å²) < 4.78 is 34.7. The molecule has 21 nitrogen and oxygen atoms in total. The Balaban J connectivity index is 0.000000562. The molecule has 0 aliphatic carbocycles. The Kier molecular flexibility index (Phi) is 15.0. The minimum Gasteiger partial charge on any atom is -0.394 e. The zero-order valence-corrected chi connectivity index (χ0v) is 25.8. The molecule has 2 aromatic heterocycles. The van der Waals surface area contributed by atoms with Crippen molar-refractivity contribution in [3.05, 3.63) is 48.0 Å². The van der Waals surface area contributed by atoms with Crippen LogP contribution in [0.3, 0.4) is 0 Å². The maximum Gasteiger partial charge on any atom is 0.466 e. The molecule has 3 heterocycles. The van der Waals surface area contributed by atoms with E-state index in [0.29, 0.717) is 17.7 Å². The molecule has 1 aliphatic rings. The van der Waals surface area contributed by atoms with Crippen LogP contribution in [0.4, 0.5) is 5.82 Å². The van der Waals surface area contributed by atoms with Crippen LogP contribution in [0.15, 0.2) is 36.9 Å². The van der Waals surface area contributed by atoms with E-state index >= 15 is 0 Å². The lowest BCUT2D eigenvalue weighted by Crippen LogP contribution is -2.39. The van der Waals surface area contributed by atoms with E-state index < -0.39 is 41.4 Å². The fraction of sp³-hybridized carbons (Fsp3) is 0.381. The Morgan fingerprint density at radius 3 is 1.93 bits per heavy atom. The van der Waals surface area contributed by atoms with Crippen molar-refractivity contribution in [2.75, 3.05) is 18.9 Å². The van der Waals surface area contributed by atoms with Gasteiger partial charge in [0, 0.05) is 17.9 Å². The molecule has 0 amide bonds. The molecular weight excluding hydrogens is 669 g/mol. The lowest BCUT2D eigenvalue weighted by atomic mass is 9.86. The van der Waals surface area contributed by atoms with Crippen LogP contribution in [0, 0.1) is 11.8 Å². The molecule has 1 unspecified atom stereocenters. The van der Waals surface area contributed by atoms with E-state index in [-0.39, 0.29) is 24.8 Å². The molecule has 45 heavy (non-hydrogen) atoms. The van der Waals surface area contributed by atoms with Crippen molar-refractivity contribution in [3.8, 4) is 11.8 Å². The highest BCUT2D eigenvalue weighted by Gasteiger charge is 2.52. The number of aromatic nitrogens is 4. The fourth-order valence-corrected chi connectivity index (χ4v) is 4.02. The Labute approximate surface area is 254 Å². The minimum absolute atomic E-state index is 0.214. The third-order valence-electron chi connectivity index (χ3n) is 5.66. The largest absolute Gasteiger partial charge is 0.466 e. The van der Waals surface area contributed by atoms with Crippen LogP contribution in [0.5, 0.6) is 0 Å². The summed E-state index contributed by atoms with van der Waals surface area (Å²) in [5.74, 6) is 5.89. The van der Waals surface area contributed by atoms with Crippen molar-refractivity contribution < 1.29 is 72.7 Å². The highest BCUT2D eigenvalue weighted by atomic mass is 31.2. The first kappa shape index (κ1) is 40.3. The lowest BCUT2D eigenvalue weighted by molar-refractivity contribution is -0.128. The van der Waals surface area contributed by atoms with Gasteiger partial charge in [0.15, 0.2) is 17.2 Å². The van der Waals surface area contributed by atoms with Crippen LogP contribution in [-0.2, 0) is 24.2 Å². The average Bonchev–Trinajstić information content (AvgIpc) is 3.47. The van der Waals surface area contributed by atoms with E-state index in [9.17, 15) is 10.2 Å². The molecule has 0 spiro atoms. The number of nitrogen functional groups attached to an aromatic ring is 1. The molecule has 3 aromatic rings. The Morgan fingerprint density at radius 2 is 1.49 bits per heavy atom. The molecule has 1 aromatic carbocycles. The third-order valence-corrected chi connectivity index (χ3v) is 5.66. The molecule has 0 bridgehead atoms. The summed E-state index contributed by atoms with van der Waals surface area (Å²) in [4.78, 5) is 77.4. The maximum absolute atomic E-state index is 10.6. The number of ether oxygens (including phenoxy) is 1. The van der Waals surface area contributed by atoms with E-state index in [0.717, 1.165) is 11.1 Å². The molecule has 1 saturated heterocycles. The van der Waals surface area contributed by atoms with Gasteiger partial charge in [-0.3, -0.25) is 4.57 Å². The van der Waals surface area contributed by atoms with Crippen molar-refractivity contribution in [3.63, 3.8) is 0 Å². The molecule has 4 atom stereocenters. The average molecular weight is 702 g/mol. The van der Waals surface area contributed by atoms with E-state index in [1.54, 1.807) is 10.9 Å². The summed E-state index contributed by atoms with van der Waals surface area (Å²) >= 11 is 0. The summed E-state index contributed by atoms with van der Waals surface area (Å²) in [6.45, 7) is 2.00. The SMILES string of the molecule is CC(c1ccc(C#CCN)cc1)[C@]1(n2cnc3c(N)ncnc32)C[C@H](O)[C@@H](CO)O1.O=P(O)(O)O.O=P(O)(O)O.O=P(O)(O)O. The summed E-state index contributed by atoms with van der Waals surface area (Å²) in [6.07, 6.45) is 1.65. The number of aliphatic hydroxyl groups excluding tert-OH is 2. The van der Waals surface area contributed by atoms with Gasteiger partial charge in [0.1, 0.15) is 17.9 Å². The molecule has 15 N–H and O–H groups in total. The molecule has 1 aliphatic heterocycles. The second-order valence-electron chi connectivity index (χ2n) is 8.89. The number of imidazole rings is 1. The topological polar surface area (TPSA) is 379 Å². The van der Waals surface area contributed by atoms with Gasteiger partial charge in [0.2, 0.25) is 0 Å². The number of hydrogen-bond donors (Lipinski definition) is 13. The Bertz CT molecular complexity index is 1520. The van der Waals surface area contributed by atoms with E-state index in [1.807, 2.05) is 31.2 Å². The summed E-state index contributed by atoms with van der Waals surface area (Å²) in [5, 5.41) is 20.3. The first-order valence-corrected chi connectivity index (χ1v) is 16.7. The van der Waals surface area contributed by atoms with Gasteiger partial charge in [0.25, 0.3) is 0 Å². The first-order chi connectivity index (χ1) is 20.5. The van der Waals surface area contributed by atoms with Gasteiger partial charge < -0.3 is 70.5 Å². The van der Waals surface area contributed by atoms with Crippen molar-refractivity contribution >= 4 is 40.4 Å². The lowest BCUT2D eigenvalue weighted by Gasteiger charge is -2.37. The molecule has 0 saturated carbocycles. The Hall–Kier alpha value is -2.70. The second kappa shape index (κ2) is 16.7. The van der Waals surface area contributed by atoms with Crippen LogP contribution in [0.2, 0.25) is 0 Å². The van der Waals surface area contributed by atoms with Gasteiger partial charge in [-0.1, -0.05) is 30.9 Å². The number of nitrogens with zero attached hydrogens (tertiary/aromatic N) is 4. The molecular formula is C21H33N6O15P3. The van der Waals surface area contributed by atoms with Gasteiger partial charge in [-0.05, 0) is 17.7 Å². The minimum atomic E-state index is -4.64. The van der Waals surface area contributed by atoms with Crippen LogP contribution in [-0.4, -0.2) is 99.1 Å². The number of hydrogen-bond acceptors (Lipinski definition) is 11. The number of nitrogens with two attached hydrogens (primary N) is 2. The normalized spacial score (nSPS) is 20.3. The van der Waals surface area contributed by atoms with Crippen molar-refractivity contribution in [1.29, 1.82) is 0 Å². The van der Waals surface area contributed by atoms with E-state index in [4.69, 9.17) is 73.9 Å². The van der Waals surface area contributed by atoms with Crippen LogP contribution in [0.1, 0.15) is 30.4 Å². The van der Waals surface area contributed by atoms with Crippen LogP contribution >= 0.6 is 23.5 Å². The van der Waals surface area contributed by atoms with Gasteiger partial charge >= 0.3 is 23.5 Å². The van der Waals surface area contributed by atoms with Crippen LogP contribution in [0.25, 0.3) is 11.2 Å². The Morgan fingerprint density at radius 1 is 0.978 bits per heavy atom. The maximum atomic E-state index is 10.6. The summed E-state index contributed by atoms with van der Waals surface area (Å²) in [5.41, 5.74) is 13.2. The predicted octanol–water partition coefficient (Wildman–Crippen LogP) is -2.47. The van der Waals surface area contributed by atoms with Crippen molar-refractivity contribution in [1.82, 2.24) is 19.5 Å². The number of aliphatic hydroxyl groups is 2. The van der Waals surface area contributed by atoms with Gasteiger partial charge in [0.05, 0.1) is 25.6 Å². The smallest absolute Gasteiger partial charge is 0.394 e. The fourth-order valence-electron chi connectivity index (χ4n) is 4.02. The van der Waals surface area contributed by atoms with Crippen molar-refractivity contribution in [2.45, 2.75) is 37.2 Å². The predicted molar refractivity (Wildman–Crippen MR) is 154 cm³/mol. The summed E-state index contributed by atoms with van der Waals surface area (Å²) in [7, 11) is -13.9. The molecule has 252 valence electrons. The van der Waals surface area contributed by atoms with Gasteiger partial charge in [-0.15, -0.1) is 0 Å². The van der Waals surface area contributed by atoms with Gasteiger partial charge in [-0.25, -0.2) is 28.6 Å². The molecule has 24 heteroatoms. The standard InChI is InChI=1S/C21H24N6O3.3H3O4P/c1-13(15-6-4-14(5-7-15)3-2-8-22)21(9-16(29)17(10-28)30-21)27-12-26-18-19(23)24-11-25-20(18)27;3*1-5(2,3)4/h4-7,11-13,16-17,28-29H,8-10,22H2,1H3,(H2,23,24,25);3*(H3,1,2,3,4)/t13?,16-,17+,21-;;;/m0.../s1. The molecule has 1 fully saturated rings. The highest BCUT2D eigenvalue weighted by Crippen LogP contribution is 2.47. The zero-order valence-electron chi connectivity index (χ0n) is 23.2. The van der Waals surface area contributed by atoms with Gasteiger partial charge in [-0.2, -0.15) is 0 Å². The molecule has 4 rings (SSSR count).